The summed E-state index contributed by atoms with van der Waals surface area (Å²) >= 11 is 8.57. The number of nitrogens with one attached hydrogen (secondary N) is 2. The summed E-state index contributed by atoms with van der Waals surface area (Å²) in [6.07, 6.45) is 2.12. The minimum absolute atomic E-state index is 0.250. The molecule has 1 amide bonds. The van der Waals surface area contributed by atoms with Crippen molar-refractivity contribution in [2.24, 2.45) is 0 Å². The number of nitrogens with zero attached hydrogens (tertiary/aromatic N) is 5. The number of ether oxygens (including phenoxy) is 2. The number of thiocarbonyl (C=S) groups is 1. The third-order valence-electron chi connectivity index (χ3n) is 6.14. The molecule has 0 atom stereocenters. The summed E-state index contributed by atoms with van der Waals surface area (Å²) in [5.74, 6) is 1.10. The van der Waals surface area contributed by atoms with Crippen molar-refractivity contribution in [3.63, 3.8) is 0 Å². The second-order valence-electron chi connectivity index (χ2n) is 10.8. The topological polar surface area (TPSA) is 105 Å². The highest BCUT2D eigenvalue weighted by Gasteiger charge is 2.26. The number of carbonyl (C=O) groups is 1. The third kappa shape index (κ3) is 10.2. The first-order valence-corrected chi connectivity index (χ1v) is 16.4. The van der Waals surface area contributed by atoms with Crippen LogP contribution >= 0.6 is 35.3 Å². The van der Waals surface area contributed by atoms with Gasteiger partial charge in [-0.25, -0.2) is 9.78 Å². The molecule has 230 valence electrons. The van der Waals surface area contributed by atoms with Gasteiger partial charge in [-0.3, -0.25) is 4.90 Å². The summed E-state index contributed by atoms with van der Waals surface area (Å²) in [5, 5.41) is 16.3. The first-order valence-electron chi connectivity index (χ1n) is 14.2. The second-order valence-corrected chi connectivity index (χ2v) is 13.5. The molecule has 1 aliphatic rings. The van der Waals surface area contributed by atoms with Crippen molar-refractivity contribution in [1.29, 1.82) is 0 Å². The van der Waals surface area contributed by atoms with Crippen molar-refractivity contribution in [2.75, 3.05) is 48.0 Å². The Kier molecular flexibility index (Phi) is 11.7. The van der Waals surface area contributed by atoms with E-state index in [1.165, 1.54) is 0 Å². The molecule has 2 aromatic heterocycles. The van der Waals surface area contributed by atoms with Gasteiger partial charge in [-0.05, 0) is 63.2 Å². The molecule has 10 nitrogen and oxygen atoms in total. The van der Waals surface area contributed by atoms with Crippen molar-refractivity contribution in [3.05, 3.63) is 65.3 Å². The second kappa shape index (κ2) is 15.5. The number of anilines is 3. The minimum Gasteiger partial charge on any atom is -0.443 e. The van der Waals surface area contributed by atoms with Crippen LogP contribution < -0.4 is 20.4 Å². The maximum atomic E-state index is 13.7. The highest BCUT2D eigenvalue weighted by Crippen LogP contribution is 2.31. The molecular formula is C30H39N7O3S3. The Morgan fingerprint density at radius 2 is 2.05 bits per heavy atom. The molecule has 0 radical (unpaired) electrons. The summed E-state index contributed by atoms with van der Waals surface area (Å²) in [4.78, 5) is 22.5. The number of amides is 1. The highest BCUT2D eigenvalue weighted by atomic mass is 32.2. The van der Waals surface area contributed by atoms with E-state index in [0.29, 0.717) is 36.4 Å². The van der Waals surface area contributed by atoms with Gasteiger partial charge in [0.15, 0.2) is 9.45 Å². The molecule has 0 unspecified atom stereocenters. The molecule has 4 rings (SSSR count). The van der Waals surface area contributed by atoms with Crippen LogP contribution in [0.15, 0.2) is 53.4 Å². The van der Waals surface area contributed by atoms with Crippen LogP contribution in [0.3, 0.4) is 0 Å². The Labute approximate surface area is 267 Å². The lowest BCUT2D eigenvalue weighted by Crippen LogP contribution is -2.38. The fourth-order valence-corrected chi connectivity index (χ4v) is 6.10. The largest absolute Gasteiger partial charge is 0.443 e. The van der Waals surface area contributed by atoms with E-state index in [9.17, 15) is 4.79 Å². The van der Waals surface area contributed by atoms with Crippen LogP contribution in [0.2, 0.25) is 0 Å². The van der Waals surface area contributed by atoms with E-state index >= 15 is 0 Å². The predicted molar refractivity (Wildman–Crippen MR) is 179 cm³/mol. The van der Waals surface area contributed by atoms with E-state index < -0.39 is 11.7 Å². The lowest BCUT2D eigenvalue weighted by atomic mass is 10.1. The number of aromatic nitrogens is 3. The fraction of sp³-hybridized carbons (Fsp3) is 0.433. The number of carbonyl (C=O) groups excluding carboxylic acids is 1. The molecule has 3 heterocycles. The molecule has 3 aromatic rings. The predicted octanol–water partition coefficient (Wildman–Crippen LogP) is 6.04. The van der Waals surface area contributed by atoms with Gasteiger partial charge >= 0.3 is 6.09 Å². The molecule has 1 fully saturated rings. The maximum absolute atomic E-state index is 13.7. The van der Waals surface area contributed by atoms with Gasteiger partial charge in [-0.15, -0.1) is 16.8 Å². The van der Waals surface area contributed by atoms with Crippen molar-refractivity contribution < 1.29 is 14.3 Å². The van der Waals surface area contributed by atoms with E-state index in [1.54, 1.807) is 34.1 Å². The first kappa shape index (κ1) is 32.6. The van der Waals surface area contributed by atoms with Crippen LogP contribution in [-0.2, 0) is 28.2 Å². The van der Waals surface area contributed by atoms with Crippen molar-refractivity contribution in [1.82, 2.24) is 20.5 Å². The Bertz CT molecular complexity index is 1400. The molecule has 1 aromatic carbocycles. The number of aryl methyl sites for hydroxylation is 1. The molecule has 0 spiro atoms. The molecule has 2 N–H and O–H groups in total. The Balaban J connectivity index is 1.66. The molecule has 0 saturated carbocycles. The van der Waals surface area contributed by atoms with E-state index in [0.717, 1.165) is 51.5 Å². The fourth-order valence-electron chi connectivity index (χ4n) is 4.17. The van der Waals surface area contributed by atoms with Gasteiger partial charge in [0, 0.05) is 42.8 Å². The minimum atomic E-state index is -0.683. The summed E-state index contributed by atoms with van der Waals surface area (Å²) < 4.78 is 12.4. The highest BCUT2D eigenvalue weighted by molar-refractivity contribution is 8.00. The van der Waals surface area contributed by atoms with Gasteiger partial charge in [0.05, 0.1) is 25.5 Å². The number of morpholine rings is 1. The van der Waals surface area contributed by atoms with Crippen molar-refractivity contribution in [2.45, 2.75) is 56.4 Å². The van der Waals surface area contributed by atoms with Crippen molar-refractivity contribution >= 4 is 63.7 Å². The van der Waals surface area contributed by atoms with Crippen LogP contribution in [0.1, 0.15) is 44.0 Å². The maximum Gasteiger partial charge on any atom is 0.416 e. The van der Waals surface area contributed by atoms with Crippen LogP contribution in [0.5, 0.6) is 0 Å². The standard InChI is InChI=1S/C30H39N7O3S3/c1-6-11-31-27(41)33-22-10-8-9-21(16-22)19-37(29(38)40-30(3,4)5)25-18-24(36-12-14-39-15-13-36)17-23(32-25)20-42-28-35-34-26(7-2)43-28/h6,8-10,16-18H,1,7,11-15,19-20H2,2-5H3,(H2,31,33,41). The van der Waals surface area contributed by atoms with Crippen molar-refractivity contribution in [3.8, 4) is 0 Å². The zero-order valence-electron chi connectivity index (χ0n) is 25.1. The van der Waals surface area contributed by atoms with Gasteiger partial charge in [-0.2, -0.15) is 0 Å². The zero-order valence-corrected chi connectivity index (χ0v) is 27.5. The van der Waals surface area contributed by atoms with E-state index in [2.05, 4.69) is 45.3 Å². The van der Waals surface area contributed by atoms with Crippen LogP contribution in [-0.4, -0.2) is 64.8 Å². The third-order valence-corrected chi connectivity index (χ3v) is 8.62. The number of rotatable bonds is 11. The molecule has 13 heteroatoms. The Hall–Kier alpha value is -3.26. The van der Waals surface area contributed by atoms with E-state index in [1.807, 2.05) is 51.1 Å². The van der Waals surface area contributed by atoms with Crippen LogP contribution in [0.4, 0.5) is 22.0 Å². The molecule has 43 heavy (non-hydrogen) atoms. The van der Waals surface area contributed by atoms with Crippen LogP contribution in [0, 0.1) is 0 Å². The van der Waals surface area contributed by atoms with Gasteiger partial charge in [-0.1, -0.05) is 48.2 Å². The first-order chi connectivity index (χ1) is 20.6. The number of thioether (sulfide) groups is 1. The molecule has 1 saturated heterocycles. The summed E-state index contributed by atoms with van der Waals surface area (Å²) in [5.41, 5.74) is 2.83. The molecule has 0 aliphatic carbocycles. The lowest BCUT2D eigenvalue weighted by Gasteiger charge is -2.31. The van der Waals surface area contributed by atoms with Crippen LogP contribution in [0.25, 0.3) is 0 Å². The van der Waals surface area contributed by atoms with Gasteiger partial charge in [0.2, 0.25) is 0 Å². The van der Waals surface area contributed by atoms with E-state index in [4.69, 9.17) is 26.7 Å². The molecule has 0 bridgehead atoms. The quantitative estimate of drug-likeness (QED) is 0.146. The Morgan fingerprint density at radius 1 is 1.26 bits per heavy atom. The van der Waals surface area contributed by atoms with Gasteiger partial charge < -0.3 is 25.0 Å². The van der Waals surface area contributed by atoms with Gasteiger partial charge in [0.1, 0.15) is 16.4 Å². The molecular weight excluding hydrogens is 603 g/mol. The summed E-state index contributed by atoms with van der Waals surface area (Å²) in [6, 6.07) is 11.8. The number of hydrogen-bond donors (Lipinski definition) is 2. The smallest absolute Gasteiger partial charge is 0.416 e. The average Bonchev–Trinajstić information content (AvgIpc) is 3.45. The SMILES string of the molecule is C=CCNC(=S)Nc1cccc(CN(C(=O)OC(C)(C)C)c2cc(N3CCOCC3)cc(CSc3nnc(CC)s3)n2)c1. The number of pyridine rings is 1. The monoisotopic (exact) mass is 641 g/mol. The zero-order chi connectivity index (χ0) is 30.8. The van der Waals surface area contributed by atoms with E-state index in [-0.39, 0.29) is 6.54 Å². The normalized spacial score (nSPS) is 13.3. The lowest BCUT2D eigenvalue weighted by molar-refractivity contribution is 0.0576. The average molecular weight is 642 g/mol. The van der Waals surface area contributed by atoms with Gasteiger partial charge in [0.25, 0.3) is 0 Å². The summed E-state index contributed by atoms with van der Waals surface area (Å²) in [7, 11) is 0. The number of benzene rings is 1. The Morgan fingerprint density at radius 3 is 2.74 bits per heavy atom. The molecule has 1 aliphatic heterocycles. The summed E-state index contributed by atoms with van der Waals surface area (Å²) in [6.45, 7) is 15.0. The number of hydrogen-bond acceptors (Lipinski definition) is 10.